The maximum Gasteiger partial charge on any atom is 0.101 e. The molecule has 0 aliphatic rings. The number of rotatable bonds is 0. The molecule has 14 heavy (non-hydrogen) atoms. The van der Waals surface area contributed by atoms with Gasteiger partial charge in [-0.25, -0.2) is 0 Å². The van der Waals surface area contributed by atoms with E-state index in [0.717, 1.165) is 4.70 Å². The van der Waals surface area contributed by atoms with Gasteiger partial charge in [-0.2, -0.15) is 10.5 Å². The lowest BCUT2D eigenvalue weighted by Gasteiger charge is -1.95. The number of nitrogens with zero attached hydrogens (tertiary/aromatic N) is 2. The second kappa shape index (κ2) is 3.31. The molecule has 0 saturated heterocycles. The van der Waals surface area contributed by atoms with Gasteiger partial charge in [0.25, 0.3) is 0 Å². The van der Waals surface area contributed by atoms with E-state index in [1.807, 2.05) is 0 Å². The molecule has 0 spiro atoms. The van der Waals surface area contributed by atoms with Crippen molar-refractivity contribution in [3.05, 3.63) is 33.7 Å². The molecule has 66 valence electrons. The largest absolute Gasteiger partial charge is 0.192 e. The molecule has 0 saturated carbocycles. The molecule has 2 aromatic rings. The van der Waals surface area contributed by atoms with Crippen LogP contribution in [0.2, 0.25) is 5.02 Å². The van der Waals surface area contributed by atoms with Crippen molar-refractivity contribution in [1.82, 2.24) is 0 Å². The van der Waals surface area contributed by atoms with Gasteiger partial charge in [-0.3, -0.25) is 0 Å². The number of hydrogen-bond donors (Lipinski definition) is 0. The van der Waals surface area contributed by atoms with Crippen LogP contribution >= 0.6 is 22.9 Å². The minimum atomic E-state index is 0.525. The molecule has 0 radical (unpaired) electrons. The van der Waals surface area contributed by atoms with Crippen molar-refractivity contribution in [2.24, 2.45) is 0 Å². The van der Waals surface area contributed by atoms with Crippen molar-refractivity contribution in [2.45, 2.75) is 0 Å². The predicted molar refractivity (Wildman–Crippen MR) is 56.3 cm³/mol. The first-order valence-corrected chi connectivity index (χ1v) is 5.03. The number of hydrogen-bond acceptors (Lipinski definition) is 3. The molecular weight excluding hydrogens is 216 g/mol. The molecule has 2 nitrogen and oxygen atoms in total. The van der Waals surface area contributed by atoms with Crippen LogP contribution in [-0.4, -0.2) is 0 Å². The van der Waals surface area contributed by atoms with Gasteiger partial charge in [0.15, 0.2) is 0 Å². The van der Waals surface area contributed by atoms with Gasteiger partial charge in [-0.15, -0.1) is 11.3 Å². The van der Waals surface area contributed by atoms with Crippen molar-refractivity contribution in [3.8, 4) is 12.1 Å². The highest BCUT2D eigenvalue weighted by molar-refractivity contribution is 7.17. The fourth-order valence-corrected chi connectivity index (χ4v) is 2.58. The number of nitriles is 2. The number of halogens is 1. The molecule has 1 heterocycles. The van der Waals surface area contributed by atoms with Crippen LogP contribution in [0.25, 0.3) is 10.1 Å². The Morgan fingerprint density at radius 3 is 2.50 bits per heavy atom. The van der Waals surface area contributed by atoms with Crippen molar-refractivity contribution in [2.75, 3.05) is 0 Å². The Bertz CT molecular complexity index is 586. The summed E-state index contributed by atoms with van der Waals surface area (Å²) >= 11 is 7.33. The minimum absolute atomic E-state index is 0.525. The van der Waals surface area contributed by atoms with Gasteiger partial charge in [-0.05, 0) is 12.1 Å². The van der Waals surface area contributed by atoms with Crippen LogP contribution in [0, 0.1) is 22.7 Å². The second-order valence-corrected chi connectivity index (χ2v) is 3.96. The molecule has 0 bridgehead atoms. The third kappa shape index (κ3) is 1.15. The van der Waals surface area contributed by atoms with E-state index in [2.05, 4.69) is 12.1 Å². The van der Waals surface area contributed by atoms with Crippen LogP contribution in [0.1, 0.15) is 11.1 Å². The van der Waals surface area contributed by atoms with Gasteiger partial charge >= 0.3 is 0 Å². The van der Waals surface area contributed by atoms with Gasteiger partial charge in [0, 0.05) is 10.8 Å². The molecule has 0 atom stereocenters. The lowest BCUT2D eigenvalue weighted by atomic mass is 10.1. The Labute approximate surface area is 89.6 Å². The van der Waals surface area contributed by atoms with Crippen LogP contribution in [0.3, 0.4) is 0 Å². The first-order valence-electron chi connectivity index (χ1n) is 3.78. The van der Waals surface area contributed by atoms with E-state index in [0.29, 0.717) is 21.5 Å². The number of benzene rings is 1. The van der Waals surface area contributed by atoms with Crippen LogP contribution in [0.4, 0.5) is 0 Å². The van der Waals surface area contributed by atoms with Gasteiger partial charge in [0.2, 0.25) is 0 Å². The zero-order valence-electron chi connectivity index (χ0n) is 6.91. The van der Waals surface area contributed by atoms with Gasteiger partial charge in [0.05, 0.1) is 20.8 Å². The number of thiophene rings is 1. The summed E-state index contributed by atoms with van der Waals surface area (Å²) in [5.41, 5.74) is 1.10. The highest BCUT2D eigenvalue weighted by Crippen LogP contribution is 2.33. The predicted octanol–water partition coefficient (Wildman–Crippen LogP) is 3.30. The summed E-state index contributed by atoms with van der Waals surface area (Å²) in [6.07, 6.45) is 0. The molecule has 0 aliphatic carbocycles. The average Bonchev–Trinajstić information content (AvgIpc) is 2.63. The third-order valence-corrected chi connectivity index (χ3v) is 3.24. The van der Waals surface area contributed by atoms with Gasteiger partial charge < -0.3 is 0 Å². The second-order valence-electron chi connectivity index (χ2n) is 2.67. The first kappa shape index (κ1) is 9.02. The molecule has 0 amide bonds. The quantitative estimate of drug-likeness (QED) is 0.681. The Hall–Kier alpha value is -1.55. The molecule has 1 aromatic heterocycles. The van der Waals surface area contributed by atoms with Crippen molar-refractivity contribution in [3.63, 3.8) is 0 Å². The molecule has 2 rings (SSSR count). The normalized spacial score (nSPS) is 9.64. The smallest absolute Gasteiger partial charge is 0.101 e. The van der Waals surface area contributed by atoms with Crippen LogP contribution in [-0.2, 0) is 0 Å². The van der Waals surface area contributed by atoms with Crippen molar-refractivity contribution < 1.29 is 0 Å². The Morgan fingerprint density at radius 1 is 1.14 bits per heavy atom. The van der Waals surface area contributed by atoms with E-state index in [4.69, 9.17) is 22.1 Å². The van der Waals surface area contributed by atoms with Crippen molar-refractivity contribution >= 4 is 33.0 Å². The van der Waals surface area contributed by atoms with E-state index in [1.54, 1.807) is 17.5 Å². The van der Waals surface area contributed by atoms with Crippen LogP contribution in [0.5, 0.6) is 0 Å². The first-order chi connectivity index (χ1) is 6.77. The Balaban J connectivity index is 2.98. The summed E-state index contributed by atoms with van der Waals surface area (Å²) in [5, 5.41) is 20.6. The molecule has 0 N–H and O–H groups in total. The zero-order valence-corrected chi connectivity index (χ0v) is 8.49. The molecule has 0 aliphatic heterocycles. The SMILES string of the molecule is N#Cc1ccc(Cl)c2c(C#N)csc12. The standard InChI is InChI=1S/C10H3ClN2S/c11-8-2-1-6(3-12)10-9(8)7(4-13)5-14-10/h1-2,5H. The molecule has 0 fully saturated rings. The fourth-order valence-electron chi connectivity index (χ4n) is 1.28. The highest BCUT2D eigenvalue weighted by atomic mass is 35.5. The van der Waals surface area contributed by atoms with Crippen LogP contribution < -0.4 is 0 Å². The zero-order chi connectivity index (χ0) is 10.1. The highest BCUT2D eigenvalue weighted by Gasteiger charge is 2.10. The Kier molecular flexibility index (Phi) is 2.13. The summed E-state index contributed by atoms with van der Waals surface area (Å²) in [6, 6.07) is 7.45. The summed E-state index contributed by atoms with van der Waals surface area (Å²) in [5.74, 6) is 0. The molecule has 1 aromatic carbocycles. The Morgan fingerprint density at radius 2 is 1.86 bits per heavy atom. The fraction of sp³-hybridized carbons (Fsp3) is 0. The van der Waals surface area contributed by atoms with E-state index in [1.165, 1.54) is 11.3 Å². The summed E-state index contributed by atoms with van der Waals surface area (Å²) in [7, 11) is 0. The molecular formula is C10H3ClN2S. The lowest BCUT2D eigenvalue weighted by molar-refractivity contribution is 1.50. The van der Waals surface area contributed by atoms with E-state index in [-0.39, 0.29) is 0 Å². The topological polar surface area (TPSA) is 47.6 Å². The van der Waals surface area contributed by atoms with Crippen molar-refractivity contribution in [1.29, 1.82) is 10.5 Å². The summed E-state index contributed by atoms with van der Waals surface area (Å²) in [6.45, 7) is 0. The average molecular weight is 219 g/mol. The monoisotopic (exact) mass is 218 g/mol. The van der Waals surface area contributed by atoms with Gasteiger partial charge in [0.1, 0.15) is 12.1 Å². The lowest BCUT2D eigenvalue weighted by Crippen LogP contribution is -1.77. The van der Waals surface area contributed by atoms with E-state index < -0.39 is 0 Å². The van der Waals surface area contributed by atoms with Gasteiger partial charge in [-0.1, -0.05) is 11.6 Å². The third-order valence-electron chi connectivity index (χ3n) is 1.91. The molecule has 0 unspecified atom stereocenters. The van der Waals surface area contributed by atoms with Crippen LogP contribution in [0.15, 0.2) is 17.5 Å². The minimum Gasteiger partial charge on any atom is -0.192 e. The van der Waals surface area contributed by atoms with E-state index >= 15 is 0 Å². The number of fused-ring (bicyclic) bond motifs is 1. The maximum absolute atomic E-state index is 8.84. The van der Waals surface area contributed by atoms with E-state index in [9.17, 15) is 0 Å². The molecule has 4 heteroatoms. The summed E-state index contributed by atoms with van der Waals surface area (Å²) < 4.78 is 0.788. The summed E-state index contributed by atoms with van der Waals surface area (Å²) in [4.78, 5) is 0. The maximum atomic E-state index is 8.84.